The van der Waals surface area contributed by atoms with Crippen LogP contribution in [0.1, 0.15) is 48.0 Å². The summed E-state index contributed by atoms with van der Waals surface area (Å²) in [6, 6.07) is 9.47. The standard InChI is InChI=1S/C20H22N2O5S/c1-13-5-7-15(28(21,24)25)12-16(13)19(23)22-14-6-8-17-18(11-14)27-20(26-17)9-3-2-4-10-20/h5-8,11-12H,2-4,9-10H2,1H3,(H,22,23)(H2,21,24,25). The van der Waals surface area contributed by atoms with E-state index in [1.54, 1.807) is 31.2 Å². The average molecular weight is 402 g/mol. The first-order valence-electron chi connectivity index (χ1n) is 9.23. The quantitative estimate of drug-likeness (QED) is 0.819. The van der Waals surface area contributed by atoms with Gasteiger partial charge in [0.25, 0.3) is 11.7 Å². The topological polar surface area (TPSA) is 108 Å². The first-order valence-corrected chi connectivity index (χ1v) is 10.8. The summed E-state index contributed by atoms with van der Waals surface area (Å²) in [5.74, 6) is 0.278. The largest absolute Gasteiger partial charge is 0.448 e. The summed E-state index contributed by atoms with van der Waals surface area (Å²) in [7, 11) is -3.89. The lowest BCUT2D eigenvalue weighted by molar-refractivity contribution is -0.105. The van der Waals surface area contributed by atoms with Crippen LogP contribution in [0.5, 0.6) is 11.5 Å². The Morgan fingerprint density at radius 3 is 2.46 bits per heavy atom. The molecule has 1 saturated carbocycles. The molecule has 8 heteroatoms. The molecule has 148 valence electrons. The molecule has 1 amide bonds. The van der Waals surface area contributed by atoms with Crippen molar-refractivity contribution >= 4 is 21.6 Å². The van der Waals surface area contributed by atoms with Gasteiger partial charge < -0.3 is 14.8 Å². The summed E-state index contributed by atoms with van der Waals surface area (Å²) in [5.41, 5.74) is 1.43. The second-order valence-corrected chi connectivity index (χ2v) is 8.87. The zero-order valence-corrected chi connectivity index (χ0v) is 16.3. The fourth-order valence-electron chi connectivity index (χ4n) is 3.69. The molecule has 4 rings (SSSR count). The van der Waals surface area contributed by atoms with Gasteiger partial charge in [0.15, 0.2) is 11.5 Å². The third-order valence-electron chi connectivity index (χ3n) is 5.19. The SMILES string of the molecule is Cc1ccc(S(N)(=O)=O)cc1C(=O)Nc1ccc2c(c1)OC1(CCCCC1)O2. The molecule has 28 heavy (non-hydrogen) atoms. The number of ether oxygens (including phenoxy) is 2. The molecule has 1 spiro atoms. The molecular weight excluding hydrogens is 380 g/mol. The van der Waals surface area contributed by atoms with Crippen LogP contribution in [0.2, 0.25) is 0 Å². The molecule has 1 aliphatic carbocycles. The van der Waals surface area contributed by atoms with Crippen molar-refractivity contribution in [2.75, 3.05) is 5.32 Å². The molecule has 0 radical (unpaired) electrons. The Morgan fingerprint density at radius 1 is 1.04 bits per heavy atom. The van der Waals surface area contributed by atoms with Gasteiger partial charge in [-0.05, 0) is 49.6 Å². The molecule has 7 nitrogen and oxygen atoms in total. The zero-order chi connectivity index (χ0) is 19.9. The van der Waals surface area contributed by atoms with Gasteiger partial charge in [-0.1, -0.05) is 12.5 Å². The van der Waals surface area contributed by atoms with Crippen molar-refractivity contribution in [2.45, 2.75) is 49.7 Å². The predicted molar refractivity (Wildman–Crippen MR) is 104 cm³/mol. The number of hydrogen-bond donors (Lipinski definition) is 2. The van der Waals surface area contributed by atoms with E-state index in [1.165, 1.54) is 18.6 Å². The Kier molecular flexibility index (Phi) is 4.55. The van der Waals surface area contributed by atoms with E-state index >= 15 is 0 Å². The van der Waals surface area contributed by atoms with Crippen molar-refractivity contribution in [1.29, 1.82) is 0 Å². The highest BCUT2D eigenvalue weighted by Gasteiger charge is 2.42. The third-order valence-corrected chi connectivity index (χ3v) is 6.10. The molecule has 0 unspecified atom stereocenters. The molecule has 2 aromatic carbocycles. The normalized spacial score (nSPS) is 17.5. The smallest absolute Gasteiger partial charge is 0.255 e. The number of hydrogen-bond acceptors (Lipinski definition) is 5. The van der Waals surface area contributed by atoms with Crippen molar-refractivity contribution in [1.82, 2.24) is 0 Å². The number of nitrogens with two attached hydrogens (primary N) is 1. The van der Waals surface area contributed by atoms with Gasteiger partial charge in [-0.25, -0.2) is 13.6 Å². The minimum atomic E-state index is -3.89. The van der Waals surface area contributed by atoms with Gasteiger partial charge in [0.2, 0.25) is 10.0 Å². The van der Waals surface area contributed by atoms with Gasteiger partial charge in [-0.3, -0.25) is 4.79 Å². The Morgan fingerprint density at radius 2 is 1.75 bits per heavy atom. The summed E-state index contributed by atoms with van der Waals surface area (Å²) in [6.45, 7) is 1.73. The summed E-state index contributed by atoms with van der Waals surface area (Å²) < 4.78 is 35.3. The van der Waals surface area contributed by atoms with E-state index in [-0.39, 0.29) is 10.5 Å². The fourth-order valence-corrected chi connectivity index (χ4v) is 4.23. The molecule has 2 aromatic rings. The summed E-state index contributed by atoms with van der Waals surface area (Å²) >= 11 is 0. The Balaban J connectivity index is 1.55. The highest BCUT2D eigenvalue weighted by molar-refractivity contribution is 7.89. The number of fused-ring (bicyclic) bond motifs is 1. The van der Waals surface area contributed by atoms with Crippen molar-refractivity contribution in [2.24, 2.45) is 5.14 Å². The van der Waals surface area contributed by atoms with E-state index in [9.17, 15) is 13.2 Å². The number of benzene rings is 2. The average Bonchev–Trinajstić information content (AvgIpc) is 2.98. The van der Waals surface area contributed by atoms with Crippen LogP contribution in [-0.4, -0.2) is 20.1 Å². The second-order valence-electron chi connectivity index (χ2n) is 7.31. The number of carbonyl (C=O) groups is 1. The van der Waals surface area contributed by atoms with Crippen molar-refractivity contribution < 1.29 is 22.7 Å². The number of amides is 1. The van der Waals surface area contributed by atoms with Gasteiger partial charge in [0.1, 0.15) is 0 Å². The molecule has 1 fully saturated rings. The first-order chi connectivity index (χ1) is 13.3. The first kappa shape index (κ1) is 18.8. The van der Waals surface area contributed by atoms with E-state index in [4.69, 9.17) is 14.6 Å². The number of rotatable bonds is 3. The van der Waals surface area contributed by atoms with Gasteiger partial charge in [-0.15, -0.1) is 0 Å². The summed E-state index contributed by atoms with van der Waals surface area (Å²) in [4.78, 5) is 12.6. The molecule has 0 saturated heterocycles. The number of nitrogens with one attached hydrogen (secondary N) is 1. The van der Waals surface area contributed by atoms with E-state index in [0.717, 1.165) is 25.7 Å². The number of carbonyl (C=O) groups excluding carboxylic acids is 1. The lowest BCUT2D eigenvalue weighted by Crippen LogP contribution is -2.40. The lowest BCUT2D eigenvalue weighted by atomic mass is 9.94. The van der Waals surface area contributed by atoms with Crippen LogP contribution in [0.4, 0.5) is 5.69 Å². The zero-order valence-electron chi connectivity index (χ0n) is 15.5. The van der Waals surface area contributed by atoms with Crippen molar-refractivity contribution in [3.63, 3.8) is 0 Å². The van der Waals surface area contributed by atoms with Gasteiger partial charge in [-0.2, -0.15) is 0 Å². The van der Waals surface area contributed by atoms with Crippen molar-refractivity contribution in [3.05, 3.63) is 47.5 Å². The molecule has 2 aliphatic rings. The molecular formula is C20H22N2O5S. The van der Waals surface area contributed by atoms with E-state index < -0.39 is 21.7 Å². The van der Waals surface area contributed by atoms with Crippen LogP contribution in [0.15, 0.2) is 41.3 Å². The van der Waals surface area contributed by atoms with Crippen LogP contribution in [0.25, 0.3) is 0 Å². The van der Waals surface area contributed by atoms with Crippen molar-refractivity contribution in [3.8, 4) is 11.5 Å². The van der Waals surface area contributed by atoms with E-state index in [0.29, 0.717) is 22.7 Å². The number of aryl methyl sites for hydroxylation is 1. The van der Waals surface area contributed by atoms with Gasteiger partial charge in [0.05, 0.1) is 4.90 Å². The van der Waals surface area contributed by atoms with E-state index in [1.807, 2.05) is 0 Å². The molecule has 1 heterocycles. The fraction of sp³-hybridized carbons (Fsp3) is 0.350. The summed E-state index contributed by atoms with van der Waals surface area (Å²) in [5, 5.41) is 7.96. The second kappa shape index (κ2) is 6.79. The molecule has 3 N–H and O–H groups in total. The Bertz CT molecular complexity index is 1040. The minimum absolute atomic E-state index is 0.104. The number of primary sulfonamides is 1. The number of anilines is 1. The lowest BCUT2D eigenvalue weighted by Gasteiger charge is -2.31. The molecule has 1 aliphatic heterocycles. The maximum absolute atomic E-state index is 12.7. The molecule has 0 atom stereocenters. The van der Waals surface area contributed by atoms with E-state index in [2.05, 4.69) is 5.32 Å². The Hall–Kier alpha value is -2.58. The monoisotopic (exact) mass is 402 g/mol. The minimum Gasteiger partial charge on any atom is -0.448 e. The highest BCUT2D eigenvalue weighted by Crippen LogP contribution is 2.46. The van der Waals surface area contributed by atoms with Crippen LogP contribution in [0.3, 0.4) is 0 Å². The number of sulfonamides is 1. The molecule has 0 bridgehead atoms. The summed E-state index contributed by atoms with van der Waals surface area (Å²) in [6.07, 6.45) is 5.02. The van der Waals surface area contributed by atoms with Gasteiger partial charge in [0, 0.05) is 30.2 Å². The maximum atomic E-state index is 12.7. The molecule has 0 aromatic heterocycles. The van der Waals surface area contributed by atoms with Crippen LogP contribution >= 0.6 is 0 Å². The van der Waals surface area contributed by atoms with Gasteiger partial charge >= 0.3 is 0 Å². The van der Waals surface area contributed by atoms with Crippen LogP contribution in [-0.2, 0) is 10.0 Å². The Labute approximate surface area is 163 Å². The van der Waals surface area contributed by atoms with Crippen LogP contribution < -0.4 is 19.9 Å². The van der Waals surface area contributed by atoms with Crippen LogP contribution in [0, 0.1) is 6.92 Å². The maximum Gasteiger partial charge on any atom is 0.255 e. The predicted octanol–water partition coefficient (Wildman–Crippen LogP) is 3.33. The third kappa shape index (κ3) is 3.57. The highest BCUT2D eigenvalue weighted by atomic mass is 32.2.